The number of hydrogen-bond acceptors (Lipinski definition) is 0. The molecule has 306 valence electrons. The number of rotatable bonds is 10. The predicted octanol–water partition coefficient (Wildman–Crippen LogP) is 17.7. The molecule has 5 saturated carbocycles. The molecule has 5 rings (SSSR count). The molecule has 5 aliphatic carbocycles. The van der Waals surface area contributed by atoms with Gasteiger partial charge in [0.2, 0.25) is 0 Å². The molecule has 5 aliphatic rings. The zero-order chi connectivity index (χ0) is 39.6. The summed E-state index contributed by atoms with van der Waals surface area (Å²) < 4.78 is 0. The van der Waals surface area contributed by atoms with Crippen LogP contribution in [0.5, 0.6) is 0 Å². The maximum Gasteiger partial charge on any atom is -0.0251 e. The zero-order valence-corrected chi connectivity index (χ0v) is 39.6. The second-order valence-corrected chi connectivity index (χ2v) is 22.3. The highest BCUT2D eigenvalue weighted by atomic mass is 14.5. The van der Waals surface area contributed by atoms with Crippen molar-refractivity contribution in [1.29, 1.82) is 0 Å². The maximum absolute atomic E-state index is 2.39. The summed E-state index contributed by atoms with van der Waals surface area (Å²) in [5.74, 6) is 8.88. The third kappa shape index (κ3) is 11.8. The lowest BCUT2D eigenvalue weighted by Gasteiger charge is -2.49. The van der Waals surface area contributed by atoms with Crippen molar-refractivity contribution in [3.8, 4) is 0 Å². The van der Waals surface area contributed by atoms with Crippen molar-refractivity contribution in [2.24, 2.45) is 86.3 Å². The first-order valence-corrected chi connectivity index (χ1v) is 23.5. The fraction of sp³-hybridized carbons (Fsp3) is 1.00. The normalized spacial score (nSPS) is 23.4. The van der Waals surface area contributed by atoms with Gasteiger partial charge in [-0.25, -0.2) is 0 Å². The highest BCUT2D eigenvalue weighted by Gasteiger charge is 2.47. The molecule has 5 fully saturated rings. The molecular weight excluding hydrogens is 613 g/mol. The summed E-state index contributed by atoms with van der Waals surface area (Å²) in [6.45, 7) is 47.6. The van der Waals surface area contributed by atoms with Gasteiger partial charge in [-0.1, -0.05) is 177 Å². The topological polar surface area (TPSA) is 0 Å². The van der Waals surface area contributed by atoms with E-state index in [0.29, 0.717) is 10.8 Å². The molecule has 0 amide bonds. The van der Waals surface area contributed by atoms with Gasteiger partial charge in [-0.3, -0.25) is 0 Å². The molecule has 0 aromatic heterocycles. The lowest BCUT2D eigenvalue weighted by Crippen LogP contribution is -2.39. The van der Waals surface area contributed by atoms with Crippen LogP contribution in [0.4, 0.5) is 0 Å². The Hall–Kier alpha value is 0. The van der Waals surface area contributed by atoms with Crippen molar-refractivity contribution in [3.63, 3.8) is 0 Å². The van der Waals surface area contributed by atoms with Crippen LogP contribution in [0.3, 0.4) is 0 Å². The Morgan fingerprint density at radius 1 is 0.176 bits per heavy atom. The third-order valence-electron chi connectivity index (χ3n) is 18.0. The fourth-order valence-corrected chi connectivity index (χ4v) is 12.5. The molecule has 0 bridgehead atoms. The van der Waals surface area contributed by atoms with E-state index < -0.39 is 0 Å². The van der Waals surface area contributed by atoms with Crippen molar-refractivity contribution in [2.45, 2.75) is 241 Å². The minimum Gasteiger partial charge on any atom is -0.0622 e. The molecular formula is C51H102. The molecule has 0 nitrogen and oxygen atoms in total. The first-order valence-electron chi connectivity index (χ1n) is 23.5. The summed E-state index contributed by atoms with van der Waals surface area (Å²) >= 11 is 0. The van der Waals surface area contributed by atoms with E-state index in [2.05, 4.69) is 138 Å². The first-order chi connectivity index (χ1) is 23.5. The Kier molecular flexibility index (Phi) is 20.0. The second-order valence-electron chi connectivity index (χ2n) is 22.3. The Labute approximate surface area is 326 Å². The van der Waals surface area contributed by atoms with Gasteiger partial charge in [0.15, 0.2) is 0 Å². The van der Waals surface area contributed by atoms with Gasteiger partial charge < -0.3 is 0 Å². The molecule has 0 atom stereocenters. The SMILES string of the molecule is CC(C)C1(C(C)C)CC1.CC(C)C1(C(C)C)CCC1.CC(C)C1(C(C)C)CCC1.CC(C)C1(C(C)C)CCCC1.CC(C)C1(C(C)C)CCCC1. The van der Waals surface area contributed by atoms with E-state index >= 15 is 0 Å². The Morgan fingerprint density at radius 3 is 0.333 bits per heavy atom. The summed E-state index contributed by atoms with van der Waals surface area (Å²) in [5.41, 5.74) is 3.58. The van der Waals surface area contributed by atoms with E-state index in [0.717, 1.165) is 75.4 Å². The monoisotopic (exact) mass is 715 g/mol. The van der Waals surface area contributed by atoms with Gasteiger partial charge in [0.05, 0.1) is 0 Å². The van der Waals surface area contributed by atoms with E-state index in [-0.39, 0.29) is 0 Å². The molecule has 0 aromatic rings. The average molecular weight is 715 g/mol. The van der Waals surface area contributed by atoms with Gasteiger partial charge in [-0.15, -0.1) is 0 Å². The van der Waals surface area contributed by atoms with Crippen LogP contribution in [-0.4, -0.2) is 0 Å². The van der Waals surface area contributed by atoms with Crippen molar-refractivity contribution in [3.05, 3.63) is 0 Å². The summed E-state index contributed by atoms with van der Waals surface area (Å²) in [6.07, 6.45) is 23.6. The van der Waals surface area contributed by atoms with Crippen LogP contribution in [0, 0.1) is 86.3 Å². The van der Waals surface area contributed by atoms with Crippen molar-refractivity contribution in [2.75, 3.05) is 0 Å². The molecule has 0 heterocycles. The van der Waals surface area contributed by atoms with E-state index in [1.165, 1.54) is 103 Å². The van der Waals surface area contributed by atoms with Crippen LogP contribution in [0.2, 0.25) is 0 Å². The van der Waals surface area contributed by atoms with Crippen LogP contribution < -0.4 is 0 Å². The minimum atomic E-state index is 0.694. The molecule has 0 spiro atoms. The van der Waals surface area contributed by atoms with Gasteiger partial charge in [0.1, 0.15) is 0 Å². The third-order valence-corrected chi connectivity index (χ3v) is 18.0. The van der Waals surface area contributed by atoms with Crippen LogP contribution in [0.15, 0.2) is 0 Å². The van der Waals surface area contributed by atoms with Crippen molar-refractivity contribution < 1.29 is 0 Å². The van der Waals surface area contributed by atoms with Gasteiger partial charge in [0, 0.05) is 0 Å². The highest BCUT2D eigenvalue weighted by Crippen LogP contribution is 2.57. The largest absolute Gasteiger partial charge is 0.0622 e. The molecule has 0 heteroatoms. The summed E-state index contributed by atoms with van der Waals surface area (Å²) in [4.78, 5) is 0. The van der Waals surface area contributed by atoms with E-state index in [9.17, 15) is 0 Å². The molecule has 0 saturated heterocycles. The van der Waals surface area contributed by atoms with Gasteiger partial charge in [0.25, 0.3) is 0 Å². The second kappa shape index (κ2) is 20.8. The highest BCUT2D eigenvalue weighted by molar-refractivity contribution is 4.97. The Balaban J connectivity index is 0.000000319. The Morgan fingerprint density at radius 2 is 0.294 bits per heavy atom. The Bertz CT molecular complexity index is 784. The zero-order valence-electron chi connectivity index (χ0n) is 39.6. The molecule has 0 radical (unpaired) electrons. The van der Waals surface area contributed by atoms with Crippen LogP contribution >= 0.6 is 0 Å². The van der Waals surface area contributed by atoms with Crippen molar-refractivity contribution in [1.82, 2.24) is 0 Å². The molecule has 0 aliphatic heterocycles. The number of hydrogen-bond donors (Lipinski definition) is 0. The van der Waals surface area contributed by atoms with Gasteiger partial charge in [-0.2, -0.15) is 0 Å². The van der Waals surface area contributed by atoms with E-state index in [1.54, 1.807) is 0 Å². The van der Waals surface area contributed by atoms with Crippen LogP contribution in [0.1, 0.15) is 241 Å². The molecule has 51 heavy (non-hydrogen) atoms. The fourth-order valence-electron chi connectivity index (χ4n) is 12.5. The maximum atomic E-state index is 2.39. The predicted molar refractivity (Wildman–Crippen MR) is 234 cm³/mol. The molecule has 0 unspecified atom stereocenters. The summed E-state index contributed by atoms with van der Waals surface area (Å²) in [6, 6.07) is 0. The van der Waals surface area contributed by atoms with E-state index in [1.807, 2.05) is 0 Å². The standard InChI is InChI=1S/2C11H22.2C10H20.C9H18/c2*1-9(2)11(10(3)4)7-5-6-8-11;2*1-8(2)10(9(3)4)6-5-7-10;1-7(2)9(5-6-9)8(3)4/h2*9-10H,5-8H2,1-4H3;2*8-9H,5-7H2,1-4H3;7-8H,5-6H2,1-4H3. The minimum absolute atomic E-state index is 0.694. The van der Waals surface area contributed by atoms with Gasteiger partial charge in [-0.05, 0) is 150 Å². The van der Waals surface area contributed by atoms with E-state index in [4.69, 9.17) is 0 Å². The van der Waals surface area contributed by atoms with Crippen LogP contribution in [-0.2, 0) is 0 Å². The molecule has 0 N–H and O–H groups in total. The first kappa shape index (κ1) is 49.0. The van der Waals surface area contributed by atoms with Crippen molar-refractivity contribution >= 4 is 0 Å². The summed E-state index contributed by atoms with van der Waals surface area (Å²) in [5, 5.41) is 0. The summed E-state index contributed by atoms with van der Waals surface area (Å²) in [7, 11) is 0. The average Bonchev–Trinajstić information content (AvgIpc) is 3.37. The lowest BCUT2D eigenvalue weighted by molar-refractivity contribution is 0.0135. The van der Waals surface area contributed by atoms with Crippen LogP contribution in [0.25, 0.3) is 0 Å². The quantitative estimate of drug-likeness (QED) is 0.211. The lowest BCUT2D eigenvalue weighted by atomic mass is 9.56. The smallest absolute Gasteiger partial charge is 0.0251 e. The molecule has 0 aromatic carbocycles. The van der Waals surface area contributed by atoms with Gasteiger partial charge >= 0.3 is 0 Å².